The van der Waals surface area contributed by atoms with Crippen LogP contribution >= 0.6 is 11.3 Å². The Labute approximate surface area is 216 Å². The molecule has 1 heterocycles. The van der Waals surface area contributed by atoms with Crippen molar-refractivity contribution >= 4 is 39.1 Å². The van der Waals surface area contributed by atoms with Crippen LogP contribution in [0.3, 0.4) is 0 Å². The van der Waals surface area contributed by atoms with E-state index < -0.39 is 16.0 Å². The fraction of sp³-hybridized carbons (Fsp3) is 0.333. The molecule has 9 heteroatoms. The number of hydrogen-bond donors (Lipinski definition) is 1. The van der Waals surface area contributed by atoms with Gasteiger partial charge in [0.25, 0.3) is 10.0 Å². The number of carboxylic acid groups (broad SMARTS) is 1. The predicted molar refractivity (Wildman–Crippen MR) is 142 cm³/mol. The predicted octanol–water partition coefficient (Wildman–Crippen LogP) is 5.47. The number of fused-ring (bicyclic) bond motifs is 1. The van der Waals surface area contributed by atoms with E-state index in [1.54, 1.807) is 11.5 Å². The van der Waals surface area contributed by atoms with Crippen molar-refractivity contribution in [3.63, 3.8) is 0 Å². The second kappa shape index (κ2) is 10.8. The number of aromatic nitrogens is 1. The summed E-state index contributed by atoms with van der Waals surface area (Å²) in [6.07, 6.45) is 7.05. The molecule has 0 amide bonds. The van der Waals surface area contributed by atoms with Gasteiger partial charge in [-0.15, -0.1) is 11.3 Å². The Balaban J connectivity index is 1.69. The van der Waals surface area contributed by atoms with Crippen LogP contribution in [0.1, 0.15) is 48.1 Å². The van der Waals surface area contributed by atoms with Crippen LogP contribution in [0.4, 0.5) is 5.69 Å². The minimum atomic E-state index is -3.85. The topological polar surface area (TPSA) is 96.8 Å². The Hall–Kier alpha value is -3.17. The first-order valence-electron chi connectivity index (χ1n) is 11.9. The number of anilines is 1. The van der Waals surface area contributed by atoms with Crippen LogP contribution in [0.2, 0.25) is 0 Å². The molecule has 0 saturated carbocycles. The van der Waals surface area contributed by atoms with E-state index in [1.165, 1.54) is 16.1 Å². The molecule has 2 aromatic carbocycles. The molecule has 0 fully saturated rings. The van der Waals surface area contributed by atoms with E-state index >= 15 is 0 Å². The van der Waals surface area contributed by atoms with E-state index in [0.29, 0.717) is 18.0 Å². The second-order valence-corrected chi connectivity index (χ2v) is 12.2. The highest BCUT2D eigenvalue weighted by molar-refractivity contribution is 7.94. The Morgan fingerprint density at radius 1 is 1.22 bits per heavy atom. The molecule has 36 heavy (non-hydrogen) atoms. The smallest absolute Gasteiger partial charge is 0.328 e. The lowest BCUT2D eigenvalue weighted by atomic mass is 10.0. The first-order chi connectivity index (χ1) is 17.1. The van der Waals surface area contributed by atoms with Gasteiger partial charge in [-0.2, -0.15) is 8.42 Å². The summed E-state index contributed by atoms with van der Waals surface area (Å²) in [5.41, 5.74) is 5.57. The zero-order chi connectivity index (χ0) is 25.9. The maximum atomic E-state index is 13.6. The van der Waals surface area contributed by atoms with Gasteiger partial charge < -0.3 is 9.84 Å². The number of ether oxygens (including phenoxy) is 1. The molecular formula is C27H30N2O5S2. The summed E-state index contributed by atoms with van der Waals surface area (Å²) in [4.78, 5) is 14.9. The van der Waals surface area contributed by atoms with E-state index in [2.05, 4.69) is 4.98 Å². The lowest BCUT2D eigenvalue weighted by molar-refractivity contribution is -0.131. The third kappa shape index (κ3) is 5.79. The number of benzene rings is 2. The number of rotatable bonds is 10. The highest BCUT2D eigenvalue weighted by atomic mass is 32.2. The molecule has 3 aromatic rings. The number of thiazole rings is 1. The van der Waals surface area contributed by atoms with Gasteiger partial charge >= 0.3 is 5.97 Å². The number of carboxylic acids is 1. The van der Waals surface area contributed by atoms with Gasteiger partial charge in [0.2, 0.25) is 4.34 Å². The van der Waals surface area contributed by atoms with Crippen LogP contribution in [-0.4, -0.2) is 31.0 Å². The van der Waals surface area contributed by atoms with Crippen LogP contribution in [0.15, 0.2) is 52.3 Å². The monoisotopic (exact) mass is 526 g/mol. The molecule has 0 atom stereocenters. The van der Waals surface area contributed by atoms with Gasteiger partial charge in [-0.1, -0.05) is 32.0 Å². The fourth-order valence-electron chi connectivity index (χ4n) is 4.30. The molecule has 190 valence electrons. The van der Waals surface area contributed by atoms with Gasteiger partial charge in [0.1, 0.15) is 12.4 Å². The number of nitrogens with zero attached hydrogens (tertiary/aromatic N) is 2. The second-order valence-electron chi connectivity index (χ2n) is 9.32. The zero-order valence-corrected chi connectivity index (χ0v) is 22.2. The van der Waals surface area contributed by atoms with E-state index in [1.807, 2.05) is 51.1 Å². The summed E-state index contributed by atoms with van der Waals surface area (Å²) in [5.74, 6) is -0.372. The van der Waals surface area contributed by atoms with E-state index in [4.69, 9.17) is 9.84 Å². The Bertz CT molecular complexity index is 1380. The van der Waals surface area contributed by atoms with E-state index in [9.17, 15) is 13.2 Å². The number of hydrogen-bond acceptors (Lipinski definition) is 6. The Kier molecular flexibility index (Phi) is 7.80. The summed E-state index contributed by atoms with van der Waals surface area (Å²) >= 11 is 1.11. The van der Waals surface area contributed by atoms with Crippen molar-refractivity contribution in [2.45, 2.75) is 51.0 Å². The summed E-state index contributed by atoms with van der Waals surface area (Å²) in [7, 11) is -3.85. The molecule has 7 nitrogen and oxygen atoms in total. The number of aliphatic carboxylic acids is 1. The number of carbonyl (C=O) groups is 1. The van der Waals surface area contributed by atoms with Crippen molar-refractivity contribution in [2.24, 2.45) is 5.92 Å². The van der Waals surface area contributed by atoms with Gasteiger partial charge in [0.05, 0.1) is 5.69 Å². The highest BCUT2D eigenvalue weighted by Crippen LogP contribution is 2.39. The molecule has 1 aliphatic rings. The number of sulfonamides is 1. The average molecular weight is 527 g/mol. The van der Waals surface area contributed by atoms with Crippen molar-refractivity contribution in [1.82, 2.24) is 4.98 Å². The molecule has 0 spiro atoms. The normalized spacial score (nSPS) is 13.3. The summed E-state index contributed by atoms with van der Waals surface area (Å²) in [6, 6.07) is 9.61. The molecule has 1 aromatic heterocycles. The van der Waals surface area contributed by atoms with Crippen molar-refractivity contribution in [1.29, 1.82) is 0 Å². The van der Waals surface area contributed by atoms with E-state index in [0.717, 1.165) is 58.9 Å². The maximum absolute atomic E-state index is 13.6. The van der Waals surface area contributed by atoms with Crippen LogP contribution in [0, 0.1) is 12.8 Å². The first-order valence-corrected chi connectivity index (χ1v) is 14.2. The largest absolute Gasteiger partial charge is 0.487 e. The summed E-state index contributed by atoms with van der Waals surface area (Å²) in [5, 5.41) is 10.5. The molecule has 0 saturated heterocycles. The van der Waals surface area contributed by atoms with Crippen LogP contribution < -0.4 is 9.04 Å². The zero-order valence-electron chi connectivity index (χ0n) is 20.6. The third-order valence-electron chi connectivity index (χ3n) is 6.06. The number of aryl methyl sites for hydroxylation is 3. The standard InChI is InChI=1S/C27H30N2O5S2/c1-18(2)16-29(36(32,33)27-28-11-12-35-27)24-14-21-5-4-6-22(21)15-25(24)34-17-23-9-7-20(13-19(23)3)8-10-26(30)31/h7-15,18H,4-6,16-17H2,1-3H3,(H,30,31). The summed E-state index contributed by atoms with van der Waals surface area (Å²) in [6.45, 7) is 6.48. The molecule has 0 aliphatic heterocycles. The SMILES string of the molecule is Cc1cc(C=CC(=O)O)ccc1COc1cc2c(cc1N(CC(C)C)S(=O)(=O)c1nccs1)CCC2. The van der Waals surface area contributed by atoms with E-state index in [-0.39, 0.29) is 16.9 Å². The quantitative estimate of drug-likeness (QED) is 0.352. The third-order valence-corrected chi connectivity index (χ3v) is 9.02. The fourth-order valence-corrected chi connectivity index (χ4v) is 6.86. The first kappa shape index (κ1) is 25.9. The summed E-state index contributed by atoms with van der Waals surface area (Å²) < 4.78 is 35.1. The van der Waals surface area contributed by atoms with Crippen molar-refractivity contribution in [3.05, 3.63) is 75.8 Å². The van der Waals surface area contributed by atoms with Gasteiger partial charge in [-0.05, 0) is 78.1 Å². The highest BCUT2D eigenvalue weighted by Gasteiger charge is 2.31. The van der Waals surface area contributed by atoms with Crippen molar-refractivity contribution in [3.8, 4) is 5.75 Å². The molecule has 0 radical (unpaired) electrons. The molecular weight excluding hydrogens is 496 g/mol. The van der Waals surface area contributed by atoms with Crippen molar-refractivity contribution < 1.29 is 23.1 Å². The minimum Gasteiger partial charge on any atom is -0.487 e. The molecule has 1 aliphatic carbocycles. The van der Waals surface area contributed by atoms with Gasteiger partial charge in [-0.25, -0.2) is 9.78 Å². The van der Waals surface area contributed by atoms with Gasteiger partial charge in [-0.3, -0.25) is 4.31 Å². The Morgan fingerprint density at radius 3 is 2.61 bits per heavy atom. The molecule has 1 N–H and O–H groups in total. The van der Waals surface area contributed by atoms with Gasteiger partial charge in [0, 0.05) is 24.2 Å². The van der Waals surface area contributed by atoms with Crippen LogP contribution in [0.25, 0.3) is 6.08 Å². The van der Waals surface area contributed by atoms with Crippen LogP contribution in [-0.2, 0) is 34.3 Å². The molecule has 4 rings (SSSR count). The lowest BCUT2D eigenvalue weighted by Gasteiger charge is -2.28. The minimum absolute atomic E-state index is 0.0652. The lowest BCUT2D eigenvalue weighted by Crippen LogP contribution is -2.34. The Morgan fingerprint density at radius 2 is 1.97 bits per heavy atom. The van der Waals surface area contributed by atoms with Crippen molar-refractivity contribution in [2.75, 3.05) is 10.8 Å². The molecule has 0 bridgehead atoms. The maximum Gasteiger partial charge on any atom is 0.328 e. The van der Waals surface area contributed by atoms with Crippen LogP contribution in [0.5, 0.6) is 5.75 Å². The average Bonchev–Trinajstić information content (AvgIpc) is 3.52. The van der Waals surface area contributed by atoms with Gasteiger partial charge in [0.15, 0.2) is 0 Å². The molecule has 0 unspecified atom stereocenters.